The van der Waals surface area contributed by atoms with Gasteiger partial charge in [0.05, 0.1) is 31.6 Å². The van der Waals surface area contributed by atoms with Gasteiger partial charge in [-0.2, -0.15) is 0 Å². The van der Waals surface area contributed by atoms with E-state index in [1.54, 1.807) is 6.21 Å². The number of imidazole rings is 2. The van der Waals surface area contributed by atoms with E-state index >= 15 is 8.78 Å². The molecular formula is C27H31F2N9O9P2S. The molecule has 14 bridgehead atoms. The number of halogens is 2. The van der Waals surface area contributed by atoms with Crippen molar-refractivity contribution in [2.75, 3.05) is 31.6 Å². The molecule has 23 heteroatoms. The molecule has 0 amide bonds. The molecule has 3 fully saturated rings. The minimum atomic E-state index is -5.07. The summed E-state index contributed by atoms with van der Waals surface area (Å²) >= 11 is 5.22. The maximum absolute atomic E-state index is 16.4. The lowest BCUT2D eigenvalue weighted by molar-refractivity contribution is -0.0626. The van der Waals surface area contributed by atoms with E-state index in [-0.39, 0.29) is 11.5 Å². The summed E-state index contributed by atoms with van der Waals surface area (Å²) in [7, 11) is -5.07. The van der Waals surface area contributed by atoms with Gasteiger partial charge in [-0.1, -0.05) is 18.2 Å². The fraction of sp³-hybridized carbons (Fsp3) is 0.519. The molecule has 3 aromatic heterocycles. The number of fused-ring (bicyclic) bond motifs is 10. The van der Waals surface area contributed by atoms with Crippen molar-refractivity contribution in [3.05, 3.63) is 42.9 Å². The number of aromatic nitrogens is 6. The Bertz CT molecular complexity index is 1970. The number of phosphoric acid groups is 1. The van der Waals surface area contributed by atoms with E-state index < -0.39 is 77.0 Å². The zero-order valence-electron chi connectivity index (χ0n) is 25.8. The van der Waals surface area contributed by atoms with Crippen molar-refractivity contribution in [1.82, 2.24) is 34.4 Å². The van der Waals surface area contributed by atoms with Crippen molar-refractivity contribution in [1.29, 1.82) is 0 Å². The third-order valence-electron chi connectivity index (χ3n) is 8.60. The number of nitrogens with zero attached hydrogens (tertiary/aromatic N) is 7. The van der Waals surface area contributed by atoms with Crippen LogP contribution in [-0.2, 0) is 43.9 Å². The summed E-state index contributed by atoms with van der Waals surface area (Å²) in [5.74, 6) is 0.629. The third kappa shape index (κ3) is 6.45. The molecule has 6 aliphatic rings. The Balaban J connectivity index is 1.21. The second-order valence-electron chi connectivity index (χ2n) is 11.8. The number of allylic oxidation sites excluding steroid dienone is 1. The van der Waals surface area contributed by atoms with Crippen molar-refractivity contribution in [3.8, 4) is 0 Å². The lowest BCUT2D eigenvalue weighted by Gasteiger charge is -2.28. The molecule has 18 nitrogen and oxygen atoms in total. The van der Waals surface area contributed by atoms with Gasteiger partial charge in [0, 0.05) is 19.3 Å². The molecule has 3 unspecified atom stereocenters. The Morgan fingerprint density at radius 3 is 2.38 bits per heavy atom. The minimum absolute atomic E-state index is 0.201. The number of nitrogens with one attached hydrogen (secondary N) is 2. The van der Waals surface area contributed by atoms with Gasteiger partial charge in [0.15, 0.2) is 47.6 Å². The SMILES string of the molecule is O=P1(O)OCC2O[C@@H]3[C@H](F)[C@@H]2O[P@@](O)(=S)OC[C@H]2OC([C@H](F)[C@@H]2O1)n1cnc2c1/N=C\CC/C=C\2NC/C=C/CNc1ncnc2c1ncn23. The summed E-state index contributed by atoms with van der Waals surface area (Å²) in [5.41, 5.74) is 1.58. The van der Waals surface area contributed by atoms with E-state index in [1.807, 2.05) is 18.2 Å². The van der Waals surface area contributed by atoms with Crippen molar-refractivity contribution >= 4 is 61.1 Å². The number of anilines is 1. The first-order valence-corrected chi connectivity index (χ1v) is 19.7. The van der Waals surface area contributed by atoms with Crippen LogP contribution in [0.3, 0.4) is 0 Å². The van der Waals surface area contributed by atoms with Gasteiger partial charge >= 0.3 is 14.5 Å². The molecule has 0 aromatic carbocycles. The Labute approximate surface area is 287 Å². The molecule has 0 saturated carbocycles. The lowest BCUT2D eigenvalue weighted by Crippen LogP contribution is -2.37. The average molecular weight is 758 g/mol. The van der Waals surface area contributed by atoms with Crippen molar-refractivity contribution < 1.29 is 50.7 Å². The van der Waals surface area contributed by atoms with Crippen LogP contribution in [0.25, 0.3) is 16.9 Å². The second-order valence-corrected chi connectivity index (χ2v) is 16.0. The minimum Gasteiger partial charge on any atom is -0.380 e. The fourth-order valence-electron chi connectivity index (χ4n) is 6.28. The molecule has 3 aromatic rings. The van der Waals surface area contributed by atoms with Crippen molar-refractivity contribution in [2.45, 2.75) is 62.1 Å². The van der Waals surface area contributed by atoms with E-state index in [2.05, 4.69) is 35.6 Å². The van der Waals surface area contributed by atoms with Crippen LogP contribution in [0, 0.1) is 0 Å². The van der Waals surface area contributed by atoms with E-state index in [9.17, 15) is 14.4 Å². The average Bonchev–Trinajstić information content (AvgIpc) is 3.82. The molecule has 0 aliphatic carbocycles. The maximum atomic E-state index is 16.4. The van der Waals surface area contributed by atoms with Gasteiger partial charge in [0.25, 0.3) is 0 Å². The van der Waals surface area contributed by atoms with Gasteiger partial charge in [-0.15, -0.1) is 0 Å². The molecule has 3 saturated heterocycles. The monoisotopic (exact) mass is 757 g/mol. The topological polar surface area (TPSA) is 211 Å². The number of alkyl halides is 2. The molecule has 6 aliphatic heterocycles. The second kappa shape index (κ2) is 13.5. The van der Waals surface area contributed by atoms with Crippen LogP contribution in [-0.4, -0.2) is 108 Å². The highest BCUT2D eigenvalue weighted by Gasteiger charge is 2.54. The summed E-state index contributed by atoms with van der Waals surface area (Å²) < 4.78 is 82.1. The predicted octanol–water partition coefficient (Wildman–Crippen LogP) is 2.74. The molecule has 268 valence electrons. The van der Waals surface area contributed by atoms with Crippen LogP contribution in [0.4, 0.5) is 20.4 Å². The first kappa shape index (κ1) is 34.0. The Kier molecular flexibility index (Phi) is 9.18. The molecule has 10 atom stereocenters. The van der Waals surface area contributed by atoms with Crippen LogP contribution >= 0.6 is 14.5 Å². The van der Waals surface area contributed by atoms with Crippen molar-refractivity contribution in [2.24, 2.45) is 4.99 Å². The number of aliphatic imine (C=N–C) groups is 1. The zero-order valence-corrected chi connectivity index (χ0v) is 28.4. The molecule has 0 spiro atoms. The van der Waals surface area contributed by atoms with Crippen LogP contribution in [0.5, 0.6) is 0 Å². The molecular weight excluding hydrogens is 726 g/mol. The Morgan fingerprint density at radius 2 is 1.58 bits per heavy atom. The normalized spacial score (nSPS) is 40.0. The van der Waals surface area contributed by atoms with Crippen LogP contribution in [0.2, 0.25) is 0 Å². The predicted molar refractivity (Wildman–Crippen MR) is 174 cm³/mol. The Morgan fingerprint density at radius 1 is 0.880 bits per heavy atom. The van der Waals surface area contributed by atoms with Crippen molar-refractivity contribution in [3.63, 3.8) is 0 Å². The van der Waals surface area contributed by atoms with Gasteiger partial charge in [0.1, 0.15) is 36.4 Å². The van der Waals surface area contributed by atoms with Crippen LogP contribution < -0.4 is 10.6 Å². The lowest BCUT2D eigenvalue weighted by atomic mass is 10.1. The third-order valence-corrected chi connectivity index (χ3v) is 11.1. The number of hydrogen-bond acceptors (Lipinski definition) is 15. The molecule has 0 radical (unpaired) electrons. The summed E-state index contributed by atoms with van der Waals surface area (Å²) in [6, 6.07) is 0. The number of ether oxygens (including phenoxy) is 2. The number of phosphoric ester groups is 1. The first-order chi connectivity index (χ1) is 24.1. The van der Waals surface area contributed by atoms with Gasteiger partial charge in [-0.05, 0) is 24.6 Å². The quantitative estimate of drug-likeness (QED) is 0.192. The van der Waals surface area contributed by atoms with E-state index in [0.29, 0.717) is 48.7 Å². The van der Waals surface area contributed by atoms with Gasteiger partial charge in [0.2, 0.25) is 0 Å². The van der Waals surface area contributed by atoms with E-state index in [4.69, 9.17) is 39.4 Å². The van der Waals surface area contributed by atoms with Crippen LogP contribution in [0.1, 0.15) is 31.0 Å². The van der Waals surface area contributed by atoms with Gasteiger partial charge in [-0.25, -0.2) is 38.3 Å². The highest BCUT2D eigenvalue weighted by atomic mass is 32.5. The highest BCUT2D eigenvalue weighted by Crippen LogP contribution is 2.54. The zero-order chi connectivity index (χ0) is 34.6. The Hall–Kier alpha value is -3.07. The maximum Gasteiger partial charge on any atom is 0.472 e. The summed E-state index contributed by atoms with van der Waals surface area (Å²) in [4.78, 5) is 43.7. The summed E-state index contributed by atoms with van der Waals surface area (Å²) in [6.45, 7) is -4.98. The van der Waals surface area contributed by atoms with E-state index in [0.717, 1.165) is 0 Å². The smallest absolute Gasteiger partial charge is 0.380 e. The number of hydrogen-bond donors (Lipinski definition) is 4. The first-order valence-electron chi connectivity index (χ1n) is 15.6. The standard InChI is InChI=1S/C27H31F2N9O9P2S/c28-17-21-16-10-43-49(41,50)47-22-15(9-42-48(39,40)46-21)44-27(18(22)29)38-13-36-20-23(33-11-34-25(20)38)31-7-4-3-6-30-14-5-1-2-8-32-24-19(14)35-12-37(24)26(17)45-16/h3-5,8,11-13,15-18,21-22,26-27,30H,1-2,6-7,9-10H2,(H,39,40)(H,41,50)(H,31,33,34)/b4-3+,14-5+,32-8-/t15?,16-,17-,18-,21-,22-,26?,27-,49+/m1/s1. The molecule has 50 heavy (non-hydrogen) atoms. The van der Waals surface area contributed by atoms with Gasteiger partial charge in [-0.3, -0.25) is 22.7 Å². The van der Waals surface area contributed by atoms with E-state index in [1.165, 1.54) is 28.1 Å². The summed E-state index contributed by atoms with van der Waals surface area (Å²) in [5, 5.41) is 6.49. The highest BCUT2D eigenvalue weighted by molar-refractivity contribution is 8.07. The number of rotatable bonds is 0. The molecule has 9 rings (SSSR count). The largest absolute Gasteiger partial charge is 0.472 e. The van der Waals surface area contributed by atoms with Gasteiger partial charge < -0.3 is 34.4 Å². The van der Waals surface area contributed by atoms with Crippen LogP contribution in [0.15, 0.2) is 42.2 Å². The molecule has 9 heterocycles. The fourth-order valence-corrected chi connectivity index (χ4v) is 8.68. The molecule has 4 N–H and O–H groups in total. The summed E-state index contributed by atoms with van der Waals surface area (Å²) in [6.07, 6.45) is -0.758.